The lowest BCUT2D eigenvalue weighted by molar-refractivity contribution is -0.123. The van der Waals surface area contributed by atoms with Gasteiger partial charge in [0.2, 0.25) is 0 Å². The lowest BCUT2D eigenvalue weighted by Crippen LogP contribution is -2.36. The number of halogens is 1. The van der Waals surface area contributed by atoms with Crippen LogP contribution in [0.5, 0.6) is 5.75 Å². The Morgan fingerprint density at radius 3 is 2.65 bits per heavy atom. The third kappa shape index (κ3) is 5.03. The number of carbonyl (C=O) groups excluding carboxylic acids is 1. The Balaban J connectivity index is 1.45. The summed E-state index contributed by atoms with van der Waals surface area (Å²) in [6.07, 6.45) is 1.55. The Bertz CT molecular complexity index is 759. The van der Waals surface area contributed by atoms with Gasteiger partial charge >= 0.3 is 0 Å². The number of ether oxygens (including phenoxy) is 2. The molecule has 7 heteroatoms. The number of para-hydroxylation sites is 1. The van der Waals surface area contributed by atoms with Crippen molar-refractivity contribution in [3.63, 3.8) is 0 Å². The molecule has 1 amide bonds. The van der Waals surface area contributed by atoms with E-state index in [0.717, 1.165) is 37.6 Å². The van der Waals surface area contributed by atoms with E-state index >= 15 is 0 Å². The van der Waals surface area contributed by atoms with E-state index in [4.69, 9.17) is 9.47 Å². The van der Waals surface area contributed by atoms with Crippen molar-refractivity contribution in [3.05, 3.63) is 59.9 Å². The summed E-state index contributed by atoms with van der Waals surface area (Å²) < 4.78 is 23.8. The number of rotatable bonds is 6. The van der Waals surface area contributed by atoms with Crippen LogP contribution >= 0.6 is 0 Å². The minimum absolute atomic E-state index is 0.0327. The van der Waals surface area contributed by atoms with Gasteiger partial charge in [-0.15, -0.1) is 0 Å². The van der Waals surface area contributed by atoms with E-state index in [9.17, 15) is 9.18 Å². The number of nitrogens with zero attached hydrogens (tertiary/aromatic N) is 2. The normalized spacial score (nSPS) is 14.4. The number of nitrogens with one attached hydrogen (secondary N) is 1. The average Bonchev–Trinajstić information content (AvgIpc) is 2.69. The number of morpholine rings is 1. The predicted octanol–water partition coefficient (Wildman–Crippen LogP) is 2.19. The lowest BCUT2D eigenvalue weighted by Gasteiger charge is -2.28. The van der Waals surface area contributed by atoms with E-state index in [2.05, 4.69) is 15.4 Å². The molecule has 3 rings (SSSR count). The number of hydrogen-bond donors (Lipinski definition) is 1. The van der Waals surface area contributed by atoms with E-state index in [0.29, 0.717) is 0 Å². The minimum Gasteiger partial charge on any atom is -0.481 e. The van der Waals surface area contributed by atoms with Crippen LogP contribution < -0.4 is 15.1 Å². The first kappa shape index (κ1) is 17.9. The lowest BCUT2D eigenvalue weighted by atomic mass is 10.2. The molecule has 1 N–H and O–H groups in total. The molecule has 0 atom stereocenters. The smallest absolute Gasteiger partial charge is 0.277 e. The molecule has 0 bridgehead atoms. The van der Waals surface area contributed by atoms with Crippen LogP contribution in [0.4, 0.5) is 10.1 Å². The third-order valence-electron chi connectivity index (χ3n) is 3.87. The van der Waals surface area contributed by atoms with Crippen LogP contribution in [-0.2, 0) is 9.53 Å². The van der Waals surface area contributed by atoms with Gasteiger partial charge in [0, 0.05) is 18.8 Å². The monoisotopic (exact) mass is 357 g/mol. The molecular formula is C19H20FN3O3. The summed E-state index contributed by atoms with van der Waals surface area (Å²) >= 11 is 0. The second kappa shape index (κ2) is 8.96. The highest BCUT2D eigenvalue weighted by Gasteiger charge is 2.10. The largest absolute Gasteiger partial charge is 0.481 e. The summed E-state index contributed by atoms with van der Waals surface area (Å²) in [7, 11) is 0. The second-order valence-corrected chi connectivity index (χ2v) is 5.70. The number of hydrazone groups is 1. The van der Waals surface area contributed by atoms with Crippen molar-refractivity contribution < 1.29 is 18.7 Å². The van der Waals surface area contributed by atoms with Gasteiger partial charge in [0.05, 0.1) is 19.4 Å². The highest BCUT2D eigenvalue weighted by Crippen LogP contribution is 2.16. The molecule has 0 unspecified atom stereocenters. The van der Waals surface area contributed by atoms with Gasteiger partial charge in [-0.3, -0.25) is 4.79 Å². The van der Waals surface area contributed by atoms with E-state index in [1.165, 1.54) is 12.1 Å². The SMILES string of the molecule is O=C(COc1ccccc1F)N/N=C/c1ccc(N2CCOCC2)cc1. The fourth-order valence-corrected chi connectivity index (χ4v) is 2.51. The third-order valence-corrected chi connectivity index (χ3v) is 3.87. The van der Waals surface area contributed by atoms with E-state index in [-0.39, 0.29) is 12.4 Å². The zero-order chi connectivity index (χ0) is 18.2. The molecule has 0 spiro atoms. The Hall–Kier alpha value is -2.93. The van der Waals surface area contributed by atoms with Gasteiger partial charge in [-0.2, -0.15) is 5.10 Å². The zero-order valence-corrected chi connectivity index (χ0v) is 14.2. The topological polar surface area (TPSA) is 63.2 Å². The summed E-state index contributed by atoms with van der Waals surface area (Å²) in [5.74, 6) is -0.941. The number of benzene rings is 2. The molecule has 1 aliphatic heterocycles. The average molecular weight is 357 g/mol. The number of carbonyl (C=O) groups is 1. The molecule has 6 nitrogen and oxygen atoms in total. The van der Waals surface area contributed by atoms with Crippen molar-refractivity contribution in [3.8, 4) is 5.75 Å². The summed E-state index contributed by atoms with van der Waals surface area (Å²) in [6.45, 7) is 2.93. The van der Waals surface area contributed by atoms with Crippen molar-refractivity contribution in [2.24, 2.45) is 5.10 Å². The molecule has 2 aromatic carbocycles. The fourth-order valence-electron chi connectivity index (χ4n) is 2.51. The van der Waals surface area contributed by atoms with Gasteiger partial charge in [-0.25, -0.2) is 9.82 Å². The molecule has 2 aromatic rings. The van der Waals surface area contributed by atoms with Crippen molar-refractivity contribution >= 4 is 17.8 Å². The van der Waals surface area contributed by atoms with E-state index < -0.39 is 11.7 Å². The molecular weight excluding hydrogens is 337 g/mol. The highest BCUT2D eigenvalue weighted by atomic mass is 19.1. The Morgan fingerprint density at radius 2 is 1.92 bits per heavy atom. The van der Waals surface area contributed by atoms with Crippen LogP contribution in [0.2, 0.25) is 0 Å². The molecule has 0 aliphatic carbocycles. The summed E-state index contributed by atoms with van der Waals surface area (Å²) in [5.41, 5.74) is 4.35. The zero-order valence-electron chi connectivity index (χ0n) is 14.2. The molecule has 1 heterocycles. The molecule has 136 valence electrons. The first-order valence-corrected chi connectivity index (χ1v) is 8.34. The first-order chi connectivity index (χ1) is 12.7. The molecule has 1 fully saturated rings. The summed E-state index contributed by atoms with van der Waals surface area (Å²) in [6, 6.07) is 13.8. The van der Waals surface area contributed by atoms with Crippen LogP contribution in [0.25, 0.3) is 0 Å². The number of hydrogen-bond acceptors (Lipinski definition) is 5. The second-order valence-electron chi connectivity index (χ2n) is 5.70. The van der Waals surface area contributed by atoms with Crippen molar-refractivity contribution in [2.75, 3.05) is 37.8 Å². The molecule has 0 aromatic heterocycles. The first-order valence-electron chi connectivity index (χ1n) is 8.34. The van der Waals surface area contributed by atoms with Crippen molar-refractivity contribution in [2.45, 2.75) is 0 Å². The van der Waals surface area contributed by atoms with Gasteiger partial charge in [0.1, 0.15) is 0 Å². The standard InChI is InChI=1S/C19H20FN3O3/c20-17-3-1-2-4-18(17)26-14-19(24)22-21-13-15-5-7-16(8-6-15)23-9-11-25-12-10-23/h1-8,13H,9-12,14H2,(H,22,24)/b21-13+. The van der Waals surface area contributed by atoms with Crippen molar-refractivity contribution in [1.82, 2.24) is 5.43 Å². The van der Waals surface area contributed by atoms with Gasteiger partial charge in [0.15, 0.2) is 18.2 Å². The maximum Gasteiger partial charge on any atom is 0.277 e. The molecule has 1 saturated heterocycles. The maximum absolute atomic E-state index is 13.4. The predicted molar refractivity (Wildman–Crippen MR) is 97.1 cm³/mol. The van der Waals surface area contributed by atoms with Gasteiger partial charge in [0.25, 0.3) is 5.91 Å². The Morgan fingerprint density at radius 1 is 1.19 bits per heavy atom. The number of anilines is 1. The summed E-state index contributed by atoms with van der Waals surface area (Å²) in [4.78, 5) is 13.9. The van der Waals surface area contributed by atoms with E-state index in [1.54, 1.807) is 18.3 Å². The van der Waals surface area contributed by atoms with Crippen LogP contribution in [0.3, 0.4) is 0 Å². The molecule has 26 heavy (non-hydrogen) atoms. The maximum atomic E-state index is 13.4. The van der Waals surface area contributed by atoms with Crippen LogP contribution in [-0.4, -0.2) is 45.0 Å². The molecule has 0 saturated carbocycles. The van der Waals surface area contributed by atoms with Crippen LogP contribution in [0, 0.1) is 5.82 Å². The molecule has 0 radical (unpaired) electrons. The van der Waals surface area contributed by atoms with Crippen LogP contribution in [0.1, 0.15) is 5.56 Å². The Kier molecular flexibility index (Phi) is 6.16. The minimum atomic E-state index is -0.510. The van der Waals surface area contributed by atoms with E-state index in [1.807, 2.05) is 24.3 Å². The quantitative estimate of drug-likeness (QED) is 0.636. The van der Waals surface area contributed by atoms with Gasteiger partial charge in [-0.1, -0.05) is 24.3 Å². The van der Waals surface area contributed by atoms with Gasteiger partial charge in [-0.05, 0) is 29.8 Å². The molecule has 1 aliphatic rings. The van der Waals surface area contributed by atoms with Crippen molar-refractivity contribution in [1.29, 1.82) is 0 Å². The highest BCUT2D eigenvalue weighted by molar-refractivity contribution is 5.83. The summed E-state index contributed by atoms with van der Waals surface area (Å²) in [5, 5.41) is 3.89. The number of amides is 1. The fraction of sp³-hybridized carbons (Fsp3) is 0.263. The van der Waals surface area contributed by atoms with Crippen LogP contribution in [0.15, 0.2) is 53.6 Å². The van der Waals surface area contributed by atoms with Gasteiger partial charge < -0.3 is 14.4 Å². The Labute approximate surface area is 151 Å².